The van der Waals surface area contributed by atoms with E-state index in [1.165, 1.54) is 0 Å². The SMILES string of the molecule is C=Cc1ccc(OC(=O)OC(C)(C)c2ccccc2)cc1. The number of hydrogen-bond acceptors (Lipinski definition) is 3. The molecule has 21 heavy (non-hydrogen) atoms. The summed E-state index contributed by atoms with van der Waals surface area (Å²) in [6.07, 6.45) is 0.996. The quantitative estimate of drug-likeness (QED) is 0.598. The van der Waals surface area contributed by atoms with Crippen LogP contribution in [0.4, 0.5) is 4.79 Å². The molecule has 0 saturated carbocycles. The van der Waals surface area contributed by atoms with Crippen LogP contribution in [0.1, 0.15) is 25.0 Å². The Bertz CT molecular complexity index is 613. The fourth-order valence-corrected chi connectivity index (χ4v) is 1.90. The van der Waals surface area contributed by atoms with Crippen LogP contribution in [0.25, 0.3) is 6.08 Å². The third-order valence-electron chi connectivity index (χ3n) is 3.12. The molecular formula is C18H18O3. The Kier molecular flexibility index (Phi) is 4.43. The molecule has 0 radical (unpaired) electrons. The smallest absolute Gasteiger partial charge is 0.423 e. The Morgan fingerprint density at radius 1 is 1.05 bits per heavy atom. The van der Waals surface area contributed by atoms with E-state index in [1.807, 2.05) is 56.3 Å². The molecule has 0 unspecified atom stereocenters. The van der Waals surface area contributed by atoms with Crippen LogP contribution in [0.15, 0.2) is 61.2 Å². The van der Waals surface area contributed by atoms with Crippen molar-refractivity contribution in [3.05, 3.63) is 72.3 Å². The van der Waals surface area contributed by atoms with Gasteiger partial charge in [-0.25, -0.2) is 4.79 Å². The van der Waals surface area contributed by atoms with Gasteiger partial charge in [-0.2, -0.15) is 0 Å². The minimum absolute atomic E-state index is 0.439. The summed E-state index contributed by atoms with van der Waals surface area (Å²) in [4.78, 5) is 11.9. The predicted molar refractivity (Wildman–Crippen MR) is 83.1 cm³/mol. The largest absolute Gasteiger partial charge is 0.514 e. The van der Waals surface area contributed by atoms with Crippen LogP contribution in [0.2, 0.25) is 0 Å². The van der Waals surface area contributed by atoms with Crippen LogP contribution in [0.5, 0.6) is 5.75 Å². The van der Waals surface area contributed by atoms with Gasteiger partial charge in [0.1, 0.15) is 11.4 Å². The van der Waals surface area contributed by atoms with Crippen LogP contribution >= 0.6 is 0 Å². The molecule has 0 aliphatic carbocycles. The zero-order valence-electron chi connectivity index (χ0n) is 12.2. The van der Waals surface area contributed by atoms with Crippen molar-refractivity contribution in [3.8, 4) is 5.75 Å². The Labute approximate surface area is 124 Å². The molecule has 0 saturated heterocycles. The van der Waals surface area contributed by atoms with Gasteiger partial charge in [-0.15, -0.1) is 0 Å². The lowest BCUT2D eigenvalue weighted by molar-refractivity contribution is 0.00637. The molecule has 3 heteroatoms. The van der Waals surface area contributed by atoms with Gasteiger partial charge in [0.15, 0.2) is 0 Å². The van der Waals surface area contributed by atoms with Gasteiger partial charge in [0.2, 0.25) is 0 Å². The molecule has 108 valence electrons. The fraction of sp³-hybridized carbons (Fsp3) is 0.167. The molecule has 0 aliphatic rings. The molecule has 0 aromatic heterocycles. The Balaban J connectivity index is 2.02. The third-order valence-corrected chi connectivity index (χ3v) is 3.12. The van der Waals surface area contributed by atoms with Gasteiger partial charge < -0.3 is 9.47 Å². The summed E-state index contributed by atoms with van der Waals surface area (Å²) in [7, 11) is 0. The molecule has 3 nitrogen and oxygen atoms in total. The van der Waals surface area contributed by atoms with E-state index in [0.29, 0.717) is 5.75 Å². The zero-order valence-corrected chi connectivity index (χ0v) is 12.2. The van der Waals surface area contributed by atoms with Gasteiger partial charge >= 0.3 is 6.16 Å². The molecule has 2 aromatic rings. The van der Waals surface area contributed by atoms with Crippen molar-refractivity contribution in [1.82, 2.24) is 0 Å². The maximum absolute atomic E-state index is 11.9. The van der Waals surface area contributed by atoms with Crippen molar-refractivity contribution >= 4 is 12.2 Å². The standard InChI is InChI=1S/C18H18O3/c1-4-14-10-12-16(13-11-14)20-17(19)21-18(2,3)15-8-6-5-7-9-15/h4-13H,1H2,2-3H3. The first-order chi connectivity index (χ1) is 10.0. The lowest BCUT2D eigenvalue weighted by Crippen LogP contribution is -2.27. The average molecular weight is 282 g/mol. The van der Waals surface area contributed by atoms with Crippen molar-refractivity contribution in [2.75, 3.05) is 0 Å². The van der Waals surface area contributed by atoms with Gasteiger partial charge in [-0.1, -0.05) is 55.1 Å². The van der Waals surface area contributed by atoms with Crippen LogP contribution in [-0.4, -0.2) is 6.16 Å². The van der Waals surface area contributed by atoms with Crippen LogP contribution in [-0.2, 0) is 10.3 Å². The minimum Gasteiger partial charge on any atom is -0.423 e. The summed E-state index contributed by atoms with van der Waals surface area (Å²) in [5.74, 6) is 0.439. The Morgan fingerprint density at radius 3 is 2.24 bits per heavy atom. The van der Waals surface area contributed by atoms with E-state index >= 15 is 0 Å². The van der Waals surface area contributed by atoms with E-state index in [1.54, 1.807) is 18.2 Å². The van der Waals surface area contributed by atoms with Crippen molar-refractivity contribution in [3.63, 3.8) is 0 Å². The van der Waals surface area contributed by atoms with Gasteiger partial charge in [-0.05, 0) is 37.1 Å². The second-order valence-corrected chi connectivity index (χ2v) is 5.10. The highest BCUT2D eigenvalue weighted by Gasteiger charge is 2.26. The summed E-state index contributed by atoms with van der Waals surface area (Å²) in [6, 6.07) is 16.6. The van der Waals surface area contributed by atoms with Crippen molar-refractivity contribution in [2.24, 2.45) is 0 Å². The molecule has 0 amide bonds. The molecule has 0 atom stereocenters. The predicted octanol–water partition coefficient (Wildman–Crippen LogP) is 4.78. The first-order valence-electron chi connectivity index (χ1n) is 6.70. The maximum atomic E-state index is 11.9. The van der Waals surface area contributed by atoms with Gasteiger partial charge in [-0.3, -0.25) is 0 Å². The Morgan fingerprint density at radius 2 is 1.67 bits per heavy atom. The molecule has 0 N–H and O–H groups in total. The van der Waals surface area contributed by atoms with Crippen LogP contribution in [0.3, 0.4) is 0 Å². The van der Waals surface area contributed by atoms with E-state index in [-0.39, 0.29) is 0 Å². The highest BCUT2D eigenvalue weighted by atomic mass is 16.7. The van der Waals surface area contributed by atoms with E-state index < -0.39 is 11.8 Å². The lowest BCUT2D eigenvalue weighted by Gasteiger charge is -2.24. The van der Waals surface area contributed by atoms with Crippen molar-refractivity contribution in [1.29, 1.82) is 0 Å². The molecule has 0 spiro atoms. The number of carbonyl (C=O) groups is 1. The van der Waals surface area contributed by atoms with Gasteiger partial charge in [0.25, 0.3) is 0 Å². The van der Waals surface area contributed by atoms with Crippen molar-refractivity contribution in [2.45, 2.75) is 19.4 Å². The monoisotopic (exact) mass is 282 g/mol. The lowest BCUT2D eigenvalue weighted by atomic mass is 9.98. The second-order valence-electron chi connectivity index (χ2n) is 5.10. The molecular weight excluding hydrogens is 264 g/mol. The average Bonchev–Trinajstić information content (AvgIpc) is 2.48. The van der Waals surface area contributed by atoms with E-state index in [2.05, 4.69) is 6.58 Å². The summed E-state index contributed by atoms with van der Waals surface area (Å²) in [6.45, 7) is 7.32. The number of ether oxygens (including phenoxy) is 2. The second kappa shape index (κ2) is 6.27. The Hall–Kier alpha value is -2.55. The molecule has 2 rings (SSSR count). The topological polar surface area (TPSA) is 35.5 Å². The van der Waals surface area contributed by atoms with E-state index in [4.69, 9.17) is 9.47 Å². The molecule has 0 bridgehead atoms. The number of hydrogen-bond donors (Lipinski definition) is 0. The van der Waals surface area contributed by atoms with Crippen LogP contribution in [0, 0.1) is 0 Å². The first kappa shape index (κ1) is 14.9. The van der Waals surface area contributed by atoms with Gasteiger partial charge in [0, 0.05) is 0 Å². The summed E-state index contributed by atoms with van der Waals surface area (Å²) >= 11 is 0. The molecule has 0 aliphatic heterocycles. The van der Waals surface area contributed by atoms with Crippen molar-refractivity contribution < 1.29 is 14.3 Å². The number of carbonyl (C=O) groups excluding carboxylic acids is 1. The third kappa shape index (κ3) is 3.96. The zero-order chi connectivity index (χ0) is 15.3. The normalized spacial score (nSPS) is 10.8. The first-order valence-corrected chi connectivity index (χ1v) is 6.70. The maximum Gasteiger partial charge on any atom is 0.514 e. The van der Waals surface area contributed by atoms with Gasteiger partial charge in [0.05, 0.1) is 0 Å². The summed E-state index contributed by atoms with van der Waals surface area (Å²) < 4.78 is 10.6. The van der Waals surface area contributed by atoms with Crippen LogP contribution < -0.4 is 4.74 Å². The minimum atomic E-state index is -0.751. The highest BCUT2D eigenvalue weighted by molar-refractivity contribution is 5.65. The molecule has 2 aromatic carbocycles. The summed E-state index contributed by atoms with van der Waals surface area (Å²) in [5, 5.41) is 0. The highest BCUT2D eigenvalue weighted by Crippen LogP contribution is 2.25. The fourth-order valence-electron chi connectivity index (χ4n) is 1.90. The number of rotatable bonds is 4. The summed E-state index contributed by atoms with van der Waals surface area (Å²) in [5.41, 5.74) is 1.11. The van der Waals surface area contributed by atoms with E-state index in [0.717, 1.165) is 11.1 Å². The molecule has 0 heterocycles. The number of benzene rings is 2. The van der Waals surface area contributed by atoms with E-state index in [9.17, 15) is 4.79 Å². The molecule has 0 fully saturated rings.